The van der Waals surface area contributed by atoms with Gasteiger partial charge in [-0.15, -0.1) is 23.1 Å². The average molecular weight is 395 g/mol. The molecule has 0 bridgehead atoms. The lowest BCUT2D eigenvalue weighted by Gasteiger charge is -2.03. The number of carbonyl (C=O) groups excluding carboxylic acids is 1. The van der Waals surface area contributed by atoms with E-state index in [1.807, 2.05) is 35.7 Å². The van der Waals surface area contributed by atoms with E-state index in [1.54, 1.807) is 18.2 Å². The lowest BCUT2D eigenvalue weighted by molar-refractivity contribution is -0.113. The molecule has 7 heteroatoms. The van der Waals surface area contributed by atoms with E-state index in [4.69, 9.17) is 23.2 Å². The number of thioether (sulfide) groups is 1. The molecule has 0 fully saturated rings. The highest BCUT2D eigenvalue weighted by molar-refractivity contribution is 8.00. The third-order valence-corrected chi connectivity index (χ3v) is 5.40. The Morgan fingerprint density at radius 3 is 2.75 bits per heavy atom. The van der Waals surface area contributed by atoms with Gasteiger partial charge in [0.25, 0.3) is 0 Å². The highest BCUT2D eigenvalue weighted by Crippen LogP contribution is 2.32. The van der Waals surface area contributed by atoms with Crippen LogP contribution in [-0.4, -0.2) is 16.6 Å². The van der Waals surface area contributed by atoms with Crippen molar-refractivity contribution in [3.63, 3.8) is 0 Å². The molecule has 0 atom stereocenters. The number of rotatable bonds is 5. The minimum atomic E-state index is -0.0954. The van der Waals surface area contributed by atoms with Gasteiger partial charge in [-0.3, -0.25) is 4.79 Å². The van der Waals surface area contributed by atoms with Gasteiger partial charge in [0.15, 0.2) is 5.13 Å². The molecule has 0 unspecified atom stereocenters. The Morgan fingerprint density at radius 2 is 1.96 bits per heavy atom. The number of nitrogens with one attached hydrogen (secondary N) is 1. The van der Waals surface area contributed by atoms with Gasteiger partial charge in [0, 0.05) is 20.9 Å². The molecular weight excluding hydrogens is 383 g/mol. The Balaban J connectivity index is 1.63. The highest BCUT2D eigenvalue weighted by atomic mass is 35.5. The van der Waals surface area contributed by atoms with E-state index >= 15 is 0 Å². The van der Waals surface area contributed by atoms with Crippen LogP contribution < -0.4 is 5.32 Å². The molecule has 0 aliphatic rings. The summed E-state index contributed by atoms with van der Waals surface area (Å²) < 4.78 is 0. The van der Waals surface area contributed by atoms with Crippen molar-refractivity contribution in [1.29, 1.82) is 0 Å². The quantitative estimate of drug-likeness (QED) is 0.551. The summed E-state index contributed by atoms with van der Waals surface area (Å²) in [5.41, 5.74) is 1.44. The zero-order chi connectivity index (χ0) is 16.9. The van der Waals surface area contributed by atoms with E-state index in [9.17, 15) is 4.79 Å². The Labute approximate surface area is 158 Å². The topological polar surface area (TPSA) is 42.0 Å². The number of hydrogen-bond donors (Lipinski definition) is 1. The Morgan fingerprint density at radius 1 is 1.17 bits per heavy atom. The summed E-state index contributed by atoms with van der Waals surface area (Å²) in [5.74, 6) is 0.235. The number of carbonyl (C=O) groups is 1. The second kappa shape index (κ2) is 8.03. The second-order valence-electron chi connectivity index (χ2n) is 4.81. The molecule has 1 amide bonds. The van der Waals surface area contributed by atoms with Gasteiger partial charge in [0.2, 0.25) is 5.91 Å². The predicted octanol–water partition coefficient (Wildman–Crippen LogP) is 5.85. The van der Waals surface area contributed by atoms with E-state index in [-0.39, 0.29) is 5.91 Å². The number of halogens is 2. The van der Waals surface area contributed by atoms with Crippen LogP contribution in [0, 0.1) is 0 Å². The fourth-order valence-corrected chi connectivity index (χ4v) is 3.80. The fraction of sp³-hybridized carbons (Fsp3) is 0.0588. The van der Waals surface area contributed by atoms with Crippen molar-refractivity contribution in [2.45, 2.75) is 4.90 Å². The molecule has 3 aromatic rings. The van der Waals surface area contributed by atoms with Crippen LogP contribution >= 0.6 is 46.3 Å². The predicted molar refractivity (Wildman–Crippen MR) is 103 cm³/mol. The number of thiazole rings is 1. The molecule has 0 saturated heterocycles. The van der Waals surface area contributed by atoms with Gasteiger partial charge in [-0.05, 0) is 30.3 Å². The van der Waals surface area contributed by atoms with E-state index in [1.165, 1.54) is 23.1 Å². The van der Waals surface area contributed by atoms with Gasteiger partial charge in [-0.25, -0.2) is 4.98 Å². The standard InChI is InChI=1S/C17H12Cl2N2OS2/c18-11-6-7-14(19)13(8-11)15-9-24-17(20-15)21-16(22)10-23-12-4-2-1-3-5-12/h1-9H,10H2,(H,20,21,22). The van der Waals surface area contributed by atoms with Crippen LogP contribution in [0.1, 0.15) is 0 Å². The molecule has 1 N–H and O–H groups in total. The van der Waals surface area contributed by atoms with E-state index < -0.39 is 0 Å². The van der Waals surface area contributed by atoms with Crippen molar-refractivity contribution in [3.05, 3.63) is 64.0 Å². The number of hydrogen-bond acceptors (Lipinski definition) is 4. The van der Waals surface area contributed by atoms with Crippen LogP contribution in [0.4, 0.5) is 5.13 Å². The van der Waals surface area contributed by atoms with Crippen LogP contribution in [0.25, 0.3) is 11.3 Å². The number of amides is 1. The van der Waals surface area contributed by atoms with Crippen molar-refractivity contribution >= 4 is 57.3 Å². The maximum atomic E-state index is 12.0. The highest BCUT2D eigenvalue weighted by Gasteiger charge is 2.11. The van der Waals surface area contributed by atoms with Gasteiger partial charge in [0.05, 0.1) is 16.5 Å². The summed E-state index contributed by atoms with van der Waals surface area (Å²) in [6.45, 7) is 0. The summed E-state index contributed by atoms with van der Waals surface area (Å²) in [6, 6.07) is 15.0. The van der Waals surface area contributed by atoms with Crippen LogP contribution in [-0.2, 0) is 4.79 Å². The molecule has 0 aliphatic heterocycles. The first-order valence-corrected chi connectivity index (χ1v) is 9.62. The molecule has 0 radical (unpaired) electrons. The third kappa shape index (κ3) is 4.51. The van der Waals surface area contributed by atoms with Crippen LogP contribution in [0.15, 0.2) is 58.8 Å². The second-order valence-corrected chi connectivity index (χ2v) is 7.56. The molecule has 0 aliphatic carbocycles. The van der Waals surface area contributed by atoms with Crippen molar-refractivity contribution in [2.24, 2.45) is 0 Å². The molecular formula is C17H12Cl2N2OS2. The van der Waals surface area contributed by atoms with Crippen molar-refractivity contribution in [1.82, 2.24) is 4.98 Å². The fourth-order valence-electron chi connectivity index (χ4n) is 1.97. The van der Waals surface area contributed by atoms with E-state index in [0.29, 0.717) is 26.6 Å². The van der Waals surface area contributed by atoms with Gasteiger partial charge in [-0.1, -0.05) is 41.4 Å². The summed E-state index contributed by atoms with van der Waals surface area (Å²) >= 11 is 15.0. The molecule has 3 nitrogen and oxygen atoms in total. The first kappa shape index (κ1) is 17.3. The number of aromatic nitrogens is 1. The minimum Gasteiger partial charge on any atom is -0.301 e. The molecule has 1 heterocycles. The zero-order valence-corrected chi connectivity index (χ0v) is 15.5. The van der Waals surface area contributed by atoms with Crippen LogP contribution in [0.2, 0.25) is 10.0 Å². The zero-order valence-electron chi connectivity index (χ0n) is 12.3. The van der Waals surface area contributed by atoms with E-state index in [2.05, 4.69) is 10.3 Å². The Bertz CT molecular complexity index is 853. The van der Waals surface area contributed by atoms with Gasteiger partial charge in [-0.2, -0.15) is 0 Å². The normalized spacial score (nSPS) is 10.6. The lowest BCUT2D eigenvalue weighted by atomic mass is 10.2. The molecule has 122 valence electrons. The smallest absolute Gasteiger partial charge is 0.236 e. The lowest BCUT2D eigenvalue weighted by Crippen LogP contribution is -2.13. The van der Waals surface area contributed by atoms with Crippen molar-refractivity contribution < 1.29 is 4.79 Å². The first-order valence-electron chi connectivity index (χ1n) is 7.00. The Hall–Kier alpha value is -1.53. The molecule has 2 aromatic carbocycles. The molecule has 24 heavy (non-hydrogen) atoms. The summed E-state index contributed by atoms with van der Waals surface area (Å²) in [5, 5.41) is 6.36. The summed E-state index contributed by atoms with van der Waals surface area (Å²) in [4.78, 5) is 17.5. The minimum absolute atomic E-state index is 0.0954. The van der Waals surface area contributed by atoms with Crippen molar-refractivity contribution in [2.75, 3.05) is 11.1 Å². The summed E-state index contributed by atoms with van der Waals surface area (Å²) in [6.07, 6.45) is 0. The molecule has 1 aromatic heterocycles. The van der Waals surface area contributed by atoms with Crippen LogP contribution in [0.5, 0.6) is 0 Å². The average Bonchev–Trinajstić information content (AvgIpc) is 3.04. The maximum Gasteiger partial charge on any atom is 0.236 e. The van der Waals surface area contributed by atoms with Gasteiger partial charge < -0.3 is 5.32 Å². The van der Waals surface area contributed by atoms with E-state index in [0.717, 1.165) is 10.5 Å². The largest absolute Gasteiger partial charge is 0.301 e. The van der Waals surface area contributed by atoms with Crippen molar-refractivity contribution in [3.8, 4) is 11.3 Å². The van der Waals surface area contributed by atoms with Gasteiger partial charge in [0.1, 0.15) is 0 Å². The monoisotopic (exact) mass is 394 g/mol. The molecule has 0 spiro atoms. The number of anilines is 1. The maximum absolute atomic E-state index is 12.0. The SMILES string of the molecule is O=C(CSc1ccccc1)Nc1nc(-c2cc(Cl)ccc2Cl)cs1. The molecule has 3 rings (SSSR count). The number of benzene rings is 2. The summed E-state index contributed by atoms with van der Waals surface area (Å²) in [7, 11) is 0. The van der Waals surface area contributed by atoms with Crippen LogP contribution in [0.3, 0.4) is 0 Å². The Kier molecular flexibility index (Phi) is 5.79. The molecule has 0 saturated carbocycles. The number of nitrogens with zero attached hydrogens (tertiary/aromatic N) is 1. The first-order chi connectivity index (χ1) is 11.6. The van der Waals surface area contributed by atoms with Gasteiger partial charge >= 0.3 is 0 Å². The third-order valence-electron chi connectivity index (χ3n) is 3.07.